The van der Waals surface area contributed by atoms with E-state index in [1.165, 1.54) is 27.8 Å². The summed E-state index contributed by atoms with van der Waals surface area (Å²) in [5.74, 6) is 0. The first-order valence-corrected chi connectivity index (χ1v) is 7.56. The summed E-state index contributed by atoms with van der Waals surface area (Å²) in [7, 11) is 0. The van der Waals surface area contributed by atoms with Crippen LogP contribution in [0.25, 0.3) is 11.1 Å². The molecule has 0 aromatic heterocycles. The average molecular weight is 288 g/mol. The summed E-state index contributed by atoms with van der Waals surface area (Å²) in [6, 6.07) is 12.8. The smallest absolute Gasteiger partial charge is 0.0409 e. The molecule has 2 aromatic rings. The van der Waals surface area contributed by atoms with Crippen LogP contribution < -0.4 is 5.32 Å². The van der Waals surface area contributed by atoms with Gasteiger partial charge in [-0.25, -0.2) is 0 Å². The van der Waals surface area contributed by atoms with Crippen molar-refractivity contribution >= 4 is 11.6 Å². The summed E-state index contributed by atoms with van der Waals surface area (Å²) in [6.45, 7) is 8.36. The van der Waals surface area contributed by atoms with E-state index < -0.39 is 0 Å². The summed E-state index contributed by atoms with van der Waals surface area (Å²) >= 11 is 6.15. The van der Waals surface area contributed by atoms with E-state index >= 15 is 0 Å². The number of aryl methyl sites for hydroxylation is 2. The molecule has 0 unspecified atom stereocenters. The maximum atomic E-state index is 6.15. The summed E-state index contributed by atoms with van der Waals surface area (Å²) in [4.78, 5) is 0. The Morgan fingerprint density at radius 3 is 2.50 bits per heavy atom. The van der Waals surface area contributed by atoms with Crippen molar-refractivity contribution in [2.75, 3.05) is 6.54 Å². The quantitative estimate of drug-likeness (QED) is 0.752. The summed E-state index contributed by atoms with van der Waals surface area (Å²) in [5, 5.41) is 4.25. The molecule has 0 saturated heterocycles. The van der Waals surface area contributed by atoms with E-state index in [1.54, 1.807) is 0 Å². The third-order valence-corrected chi connectivity index (χ3v) is 3.86. The zero-order chi connectivity index (χ0) is 14.5. The lowest BCUT2D eigenvalue weighted by Crippen LogP contribution is -2.14. The number of nitrogens with one attached hydrogen (secondary N) is 1. The van der Waals surface area contributed by atoms with Gasteiger partial charge in [-0.1, -0.05) is 42.8 Å². The van der Waals surface area contributed by atoms with E-state index in [0.717, 1.165) is 24.5 Å². The van der Waals surface area contributed by atoms with Crippen LogP contribution in [0.5, 0.6) is 0 Å². The predicted octanol–water partition coefficient (Wildman–Crippen LogP) is 5.12. The molecule has 2 heteroatoms. The Morgan fingerprint density at radius 2 is 1.80 bits per heavy atom. The zero-order valence-corrected chi connectivity index (χ0v) is 13.2. The Morgan fingerprint density at radius 1 is 1.00 bits per heavy atom. The lowest BCUT2D eigenvalue weighted by atomic mass is 9.96. The molecule has 0 atom stereocenters. The van der Waals surface area contributed by atoms with Gasteiger partial charge >= 0.3 is 0 Å². The van der Waals surface area contributed by atoms with Crippen LogP contribution in [-0.2, 0) is 6.54 Å². The molecule has 0 heterocycles. The maximum Gasteiger partial charge on any atom is 0.0409 e. The van der Waals surface area contributed by atoms with Gasteiger partial charge in [0.2, 0.25) is 0 Å². The van der Waals surface area contributed by atoms with E-state index in [1.807, 2.05) is 6.07 Å². The molecule has 106 valence electrons. The second kappa shape index (κ2) is 6.92. The van der Waals surface area contributed by atoms with Crippen molar-refractivity contribution < 1.29 is 0 Å². The van der Waals surface area contributed by atoms with E-state index in [0.29, 0.717) is 0 Å². The lowest BCUT2D eigenvalue weighted by molar-refractivity contribution is 0.676. The van der Waals surface area contributed by atoms with Crippen molar-refractivity contribution in [2.45, 2.75) is 33.7 Å². The first kappa shape index (κ1) is 15.1. The number of rotatable bonds is 5. The van der Waals surface area contributed by atoms with Crippen molar-refractivity contribution in [1.29, 1.82) is 0 Å². The van der Waals surface area contributed by atoms with Gasteiger partial charge in [0.05, 0.1) is 0 Å². The van der Waals surface area contributed by atoms with Crippen LogP contribution in [0.2, 0.25) is 5.02 Å². The Kier molecular flexibility index (Phi) is 5.22. The fourth-order valence-corrected chi connectivity index (χ4v) is 2.49. The molecule has 0 radical (unpaired) electrons. The van der Waals surface area contributed by atoms with Crippen molar-refractivity contribution in [2.24, 2.45) is 0 Å². The van der Waals surface area contributed by atoms with Crippen LogP contribution in [0, 0.1) is 13.8 Å². The summed E-state index contributed by atoms with van der Waals surface area (Å²) in [6.07, 6.45) is 1.14. The van der Waals surface area contributed by atoms with Gasteiger partial charge in [0.1, 0.15) is 0 Å². The fourth-order valence-electron chi connectivity index (χ4n) is 2.30. The minimum absolute atomic E-state index is 0.797. The number of hydrogen-bond donors (Lipinski definition) is 1. The van der Waals surface area contributed by atoms with E-state index in [2.05, 4.69) is 56.4 Å². The number of benzene rings is 2. The van der Waals surface area contributed by atoms with Gasteiger partial charge in [-0.15, -0.1) is 0 Å². The molecule has 2 rings (SSSR count). The summed E-state index contributed by atoms with van der Waals surface area (Å²) < 4.78 is 0. The molecule has 1 nitrogen and oxygen atoms in total. The second-order valence-electron chi connectivity index (χ2n) is 5.28. The van der Waals surface area contributed by atoms with Crippen LogP contribution in [0.15, 0.2) is 36.4 Å². The molecule has 1 N–H and O–H groups in total. The molecule has 0 aliphatic heterocycles. The van der Waals surface area contributed by atoms with Gasteiger partial charge in [-0.05, 0) is 66.8 Å². The van der Waals surface area contributed by atoms with Gasteiger partial charge in [-0.3, -0.25) is 0 Å². The minimum atomic E-state index is 0.797. The highest BCUT2D eigenvalue weighted by atomic mass is 35.5. The van der Waals surface area contributed by atoms with Crippen molar-refractivity contribution in [1.82, 2.24) is 5.32 Å². The van der Waals surface area contributed by atoms with Crippen LogP contribution in [0.1, 0.15) is 30.0 Å². The van der Waals surface area contributed by atoms with Gasteiger partial charge in [0.25, 0.3) is 0 Å². The van der Waals surface area contributed by atoms with Gasteiger partial charge in [0.15, 0.2) is 0 Å². The molecule has 0 aliphatic rings. The number of hydrogen-bond acceptors (Lipinski definition) is 1. The molecule has 0 amide bonds. The van der Waals surface area contributed by atoms with Gasteiger partial charge in [-0.2, -0.15) is 0 Å². The molecular formula is C18H22ClN. The number of halogens is 1. The second-order valence-corrected chi connectivity index (χ2v) is 5.71. The third kappa shape index (κ3) is 3.62. The Bertz CT molecular complexity index is 590. The van der Waals surface area contributed by atoms with Crippen molar-refractivity contribution in [3.63, 3.8) is 0 Å². The summed E-state index contributed by atoms with van der Waals surface area (Å²) in [5.41, 5.74) is 6.44. The van der Waals surface area contributed by atoms with Crippen molar-refractivity contribution in [3.8, 4) is 11.1 Å². The molecular weight excluding hydrogens is 266 g/mol. The zero-order valence-electron chi connectivity index (χ0n) is 12.5. The molecule has 0 bridgehead atoms. The highest BCUT2D eigenvalue weighted by molar-refractivity contribution is 6.30. The normalized spacial score (nSPS) is 10.8. The van der Waals surface area contributed by atoms with Crippen LogP contribution in [-0.4, -0.2) is 6.54 Å². The van der Waals surface area contributed by atoms with Crippen LogP contribution in [0.4, 0.5) is 0 Å². The predicted molar refractivity (Wildman–Crippen MR) is 88.4 cm³/mol. The monoisotopic (exact) mass is 287 g/mol. The first-order chi connectivity index (χ1) is 9.61. The lowest BCUT2D eigenvalue weighted by Gasteiger charge is -2.13. The largest absolute Gasteiger partial charge is 0.313 e. The molecule has 20 heavy (non-hydrogen) atoms. The first-order valence-electron chi connectivity index (χ1n) is 7.18. The topological polar surface area (TPSA) is 12.0 Å². The Labute approximate surface area is 127 Å². The Hall–Kier alpha value is -1.31. The van der Waals surface area contributed by atoms with E-state index in [4.69, 9.17) is 11.6 Å². The molecule has 0 saturated carbocycles. The Balaban J connectivity index is 2.36. The molecule has 0 fully saturated rings. The SMILES string of the molecule is CCCNCc1cc(Cl)ccc1-c1ccc(C)c(C)c1. The van der Waals surface area contributed by atoms with E-state index in [-0.39, 0.29) is 0 Å². The molecule has 0 aliphatic carbocycles. The van der Waals surface area contributed by atoms with Crippen LogP contribution >= 0.6 is 11.6 Å². The van der Waals surface area contributed by atoms with Gasteiger partial charge < -0.3 is 5.32 Å². The molecule has 0 spiro atoms. The highest BCUT2D eigenvalue weighted by Gasteiger charge is 2.07. The van der Waals surface area contributed by atoms with Crippen LogP contribution in [0.3, 0.4) is 0 Å². The van der Waals surface area contributed by atoms with Crippen molar-refractivity contribution in [3.05, 3.63) is 58.1 Å². The average Bonchev–Trinajstić information content (AvgIpc) is 2.43. The standard InChI is InChI=1S/C18H22ClN/c1-4-9-20-12-16-11-17(19)7-8-18(16)15-6-5-13(2)14(3)10-15/h5-8,10-11,20H,4,9,12H2,1-3H3. The fraction of sp³-hybridized carbons (Fsp3) is 0.333. The minimum Gasteiger partial charge on any atom is -0.313 e. The highest BCUT2D eigenvalue weighted by Crippen LogP contribution is 2.28. The van der Waals surface area contributed by atoms with E-state index in [9.17, 15) is 0 Å². The third-order valence-electron chi connectivity index (χ3n) is 3.63. The maximum absolute atomic E-state index is 6.15. The van der Waals surface area contributed by atoms with Gasteiger partial charge in [0, 0.05) is 11.6 Å². The molecule has 2 aromatic carbocycles.